The van der Waals surface area contributed by atoms with E-state index in [1.165, 1.54) is 39.4 Å². The number of carbonyl (C=O) groups excluding carboxylic acids is 2. The number of nitrogens with two attached hydrogens (primary N) is 1. The maximum Gasteiger partial charge on any atom is 0.312 e. The second kappa shape index (κ2) is 8.86. The Morgan fingerprint density at radius 1 is 1.31 bits per heavy atom. The molecule has 1 aromatic rings. The van der Waals surface area contributed by atoms with Crippen LogP contribution in [0.25, 0.3) is 0 Å². The summed E-state index contributed by atoms with van der Waals surface area (Å²) in [6, 6.07) is 2.63. The van der Waals surface area contributed by atoms with Crippen LogP contribution in [0.1, 0.15) is 20.3 Å². The van der Waals surface area contributed by atoms with Crippen LogP contribution < -0.4 is 21.1 Å². The molecular weight excluding hydrogens is 360 g/mol. The Labute approximate surface area is 153 Å². The molecule has 10 heteroatoms. The van der Waals surface area contributed by atoms with Crippen LogP contribution in [0.4, 0.5) is 10.5 Å². The van der Waals surface area contributed by atoms with Gasteiger partial charge in [0.25, 0.3) is 0 Å². The minimum atomic E-state index is -3.77. The molecule has 146 valence electrons. The van der Waals surface area contributed by atoms with Gasteiger partial charge < -0.3 is 21.1 Å². The van der Waals surface area contributed by atoms with Crippen LogP contribution in [-0.4, -0.2) is 51.9 Å². The number of rotatable bonds is 8. The second-order valence-corrected chi connectivity index (χ2v) is 8.13. The van der Waals surface area contributed by atoms with Gasteiger partial charge in [-0.3, -0.25) is 4.79 Å². The molecule has 1 rings (SSSR count). The maximum absolute atomic E-state index is 12.5. The molecule has 0 aromatic heterocycles. The summed E-state index contributed by atoms with van der Waals surface area (Å²) in [6.45, 7) is 3.68. The van der Waals surface area contributed by atoms with Crippen molar-refractivity contribution in [3.05, 3.63) is 18.2 Å². The predicted octanol–water partition coefficient (Wildman–Crippen LogP) is 0.967. The fraction of sp³-hybridized carbons (Fsp3) is 0.500. The molecule has 0 saturated heterocycles. The number of ether oxygens (including phenoxy) is 1. The van der Waals surface area contributed by atoms with Crippen molar-refractivity contribution in [3.8, 4) is 5.75 Å². The van der Waals surface area contributed by atoms with E-state index in [0.29, 0.717) is 6.42 Å². The summed E-state index contributed by atoms with van der Waals surface area (Å²) in [5.41, 5.74) is 5.40. The van der Waals surface area contributed by atoms with E-state index in [0.717, 1.165) is 4.31 Å². The average Bonchev–Trinajstić information content (AvgIpc) is 2.58. The summed E-state index contributed by atoms with van der Waals surface area (Å²) in [7, 11) is 0.385. The minimum Gasteiger partial charge on any atom is -0.495 e. The molecule has 3 amide bonds. The van der Waals surface area contributed by atoms with Crippen LogP contribution in [0.5, 0.6) is 5.75 Å². The number of hydrogen-bond acceptors (Lipinski definition) is 5. The van der Waals surface area contributed by atoms with E-state index in [1.807, 2.05) is 6.92 Å². The number of benzene rings is 1. The van der Waals surface area contributed by atoms with Gasteiger partial charge in [-0.2, -0.15) is 0 Å². The lowest BCUT2D eigenvalue weighted by Crippen LogP contribution is -2.49. The number of anilines is 1. The minimum absolute atomic E-state index is 0.0780. The Hall–Kier alpha value is -2.33. The third-order valence-electron chi connectivity index (χ3n) is 3.98. The molecule has 0 aliphatic rings. The van der Waals surface area contributed by atoms with Crippen molar-refractivity contribution < 1.29 is 22.7 Å². The molecule has 0 unspecified atom stereocenters. The standard InChI is InChI=1S/C16H26N4O5S/c1-6-10(2)14(19-16(17)22)15(21)18-11-7-8-12(25-5)13(9-11)26(23,24)20(3)4/h7-10,14H,6H2,1-5H3,(H,18,21)(H3,17,19,22)/t10-,14-/m0/s1. The Bertz CT molecular complexity index is 764. The Morgan fingerprint density at radius 3 is 2.38 bits per heavy atom. The van der Waals surface area contributed by atoms with Gasteiger partial charge in [0.2, 0.25) is 15.9 Å². The third kappa shape index (κ3) is 5.09. The van der Waals surface area contributed by atoms with Gasteiger partial charge >= 0.3 is 6.03 Å². The SMILES string of the molecule is CC[C@H](C)[C@H](NC(N)=O)C(=O)Nc1ccc(OC)c(S(=O)(=O)N(C)C)c1. The highest BCUT2D eigenvalue weighted by Crippen LogP contribution is 2.29. The molecule has 26 heavy (non-hydrogen) atoms. The summed E-state index contributed by atoms with van der Waals surface area (Å²) in [6.07, 6.45) is 0.640. The van der Waals surface area contributed by atoms with E-state index in [9.17, 15) is 18.0 Å². The van der Waals surface area contributed by atoms with E-state index >= 15 is 0 Å². The monoisotopic (exact) mass is 386 g/mol. The molecule has 4 N–H and O–H groups in total. The van der Waals surface area contributed by atoms with Crippen LogP contribution in [-0.2, 0) is 14.8 Å². The predicted molar refractivity (Wildman–Crippen MR) is 98.5 cm³/mol. The van der Waals surface area contributed by atoms with E-state index in [4.69, 9.17) is 10.5 Å². The van der Waals surface area contributed by atoms with Crippen molar-refractivity contribution in [2.45, 2.75) is 31.2 Å². The molecule has 9 nitrogen and oxygen atoms in total. The van der Waals surface area contributed by atoms with Crippen molar-refractivity contribution in [3.63, 3.8) is 0 Å². The van der Waals surface area contributed by atoms with Crippen LogP contribution in [0.15, 0.2) is 23.1 Å². The van der Waals surface area contributed by atoms with Crippen molar-refractivity contribution >= 4 is 27.6 Å². The highest BCUT2D eigenvalue weighted by Gasteiger charge is 2.27. The first-order valence-electron chi connectivity index (χ1n) is 8.02. The zero-order chi connectivity index (χ0) is 20.1. The molecule has 0 spiro atoms. The molecular formula is C16H26N4O5S. The first-order valence-corrected chi connectivity index (χ1v) is 9.46. The molecule has 2 atom stereocenters. The largest absolute Gasteiger partial charge is 0.495 e. The fourth-order valence-corrected chi connectivity index (χ4v) is 3.30. The number of hydrogen-bond donors (Lipinski definition) is 3. The van der Waals surface area contributed by atoms with Crippen LogP contribution in [0.2, 0.25) is 0 Å². The number of nitrogens with one attached hydrogen (secondary N) is 2. The van der Waals surface area contributed by atoms with Crippen LogP contribution in [0, 0.1) is 5.92 Å². The normalized spacial score (nSPS) is 13.8. The van der Waals surface area contributed by atoms with Gasteiger partial charge in [0.15, 0.2) is 0 Å². The lowest BCUT2D eigenvalue weighted by molar-refractivity contribution is -0.119. The highest BCUT2D eigenvalue weighted by atomic mass is 32.2. The summed E-state index contributed by atoms with van der Waals surface area (Å²) < 4.78 is 31.0. The van der Waals surface area contributed by atoms with Gasteiger partial charge in [0.05, 0.1) is 7.11 Å². The van der Waals surface area contributed by atoms with Crippen molar-refractivity contribution in [2.75, 3.05) is 26.5 Å². The van der Waals surface area contributed by atoms with Crippen molar-refractivity contribution in [1.82, 2.24) is 9.62 Å². The van der Waals surface area contributed by atoms with Crippen molar-refractivity contribution in [1.29, 1.82) is 0 Å². The number of nitrogens with zero attached hydrogens (tertiary/aromatic N) is 1. The Balaban J connectivity index is 3.20. The Kier molecular flexibility index (Phi) is 7.40. The smallest absolute Gasteiger partial charge is 0.312 e. The summed E-state index contributed by atoms with van der Waals surface area (Å²) in [5, 5.41) is 5.03. The number of methoxy groups -OCH3 is 1. The van der Waals surface area contributed by atoms with Gasteiger partial charge in [-0.15, -0.1) is 0 Å². The Morgan fingerprint density at radius 2 is 1.92 bits per heavy atom. The molecule has 0 fully saturated rings. The summed E-state index contributed by atoms with van der Waals surface area (Å²) in [5.74, 6) is -0.493. The number of primary amides is 1. The number of sulfonamides is 1. The van der Waals surface area contributed by atoms with Crippen molar-refractivity contribution in [2.24, 2.45) is 11.7 Å². The summed E-state index contributed by atoms with van der Waals surface area (Å²) >= 11 is 0. The highest BCUT2D eigenvalue weighted by molar-refractivity contribution is 7.89. The molecule has 1 aromatic carbocycles. The quantitative estimate of drug-likeness (QED) is 0.613. The van der Waals surface area contributed by atoms with Gasteiger partial charge in [0.1, 0.15) is 16.7 Å². The number of amides is 3. The lowest BCUT2D eigenvalue weighted by atomic mass is 9.98. The number of carbonyl (C=O) groups is 2. The maximum atomic E-state index is 12.5. The third-order valence-corrected chi connectivity index (χ3v) is 5.82. The van der Waals surface area contributed by atoms with E-state index < -0.39 is 28.0 Å². The van der Waals surface area contributed by atoms with E-state index in [2.05, 4.69) is 10.6 Å². The molecule has 0 bridgehead atoms. The van der Waals surface area contributed by atoms with Gasteiger partial charge in [-0.25, -0.2) is 17.5 Å². The second-order valence-electron chi connectivity index (χ2n) is 6.01. The topological polar surface area (TPSA) is 131 Å². The molecule has 0 saturated carbocycles. The van der Waals surface area contributed by atoms with Gasteiger partial charge in [-0.1, -0.05) is 20.3 Å². The molecule has 0 radical (unpaired) electrons. The average molecular weight is 386 g/mol. The fourth-order valence-electron chi connectivity index (χ4n) is 2.23. The first-order chi connectivity index (χ1) is 12.0. The molecule has 0 aliphatic carbocycles. The molecule has 0 heterocycles. The van der Waals surface area contributed by atoms with Crippen LogP contribution in [0.3, 0.4) is 0 Å². The number of urea groups is 1. The lowest BCUT2D eigenvalue weighted by Gasteiger charge is -2.23. The van der Waals surface area contributed by atoms with Gasteiger partial charge in [0, 0.05) is 19.8 Å². The van der Waals surface area contributed by atoms with Crippen LogP contribution >= 0.6 is 0 Å². The van der Waals surface area contributed by atoms with E-state index in [1.54, 1.807) is 6.92 Å². The first kappa shape index (κ1) is 21.7. The van der Waals surface area contributed by atoms with Gasteiger partial charge in [-0.05, 0) is 24.1 Å². The van der Waals surface area contributed by atoms with E-state index in [-0.39, 0.29) is 22.3 Å². The zero-order valence-electron chi connectivity index (χ0n) is 15.6. The zero-order valence-corrected chi connectivity index (χ0v) is 16.4. The summed E-state index contributed by atoms with van der Waals surface area (Å²) in [4.78, 5) is 23.6. The molecule has 0 aliphatic heterocycles.